The summed E-state index contributed by atoms with van der Waals surface area (Å²) in [7, 11) is 0. The molecule has 1 saturated heterocycles. The van der Waals surface area contributed by atoms with Gasteiger partial charge in [0, 0.05) is 26.2 Å². The standard InChI is InChI=1S/C11H24N2O/c1-11(2,14)5-3-4-8-13-9-6-12-7-10-13/h12,14H,3-10H2,1-2H3. The maximum atomic E-state index is 9.53. The Hall–Kier alpha value is -0.120. The summed E-state index contributed by atoms with van der Waals surface area (Å²) in [6.45, 7) is 9.59. The predicted molar refractivity (Wildman–Crippen MR) is 59.5 cm³/mol. The van der Waals surface area contributed by atoms with Gasteiger partial charge in [-0.15, -0.1) is 0 Å². The van der Waals surface area contributed by atoms with Gasteiger partial charge < -0.3 is 15.3 Å². The van der Waals surface area contributed by atoms with Crippen molar-refractivity contribution in [3.05, 3.63) is 0 Å². The van der Waals surface area contributed by atoms with Crippen LogP contribution in [0, 0.1) is 0 Å². The zero-order chi connectivity index (χ0) is 10.4. The highest BCUT2D eigenvalue weighted by molar-refractivity contribution is 4.69. The molecule has 0 aromatic rings. The zero-order valence-electron chi connectivity index (χ0n) is 9.55. The number of nitrogens with zero attached hydrogens (tertiary/aromatic N) is 1. The molecule has 0 bridgehead atoms. The third kappa shape index (κ3) is 5.58. The van der Waals surface area contributed by atoms with E-state index in [-0.39, 0.29) is 0 Å². The fourth-order valence-electron chi connectivity index (χ4n) is 1.83. The van der Waals surface area contributed by atoms with E-state index < -0.39 is 5.60 Å². The van der Waals surface area contributed by atoms with E-state index in [1.54, 1.807) is 0 Å². The molecular formula is C11H24N2O. The first-order valence-corrected chi connectivity index (χ1v) is 5.73. The first-order chi connectivity index (χ1) is 6.58. The summed E-state index contributed by atoms with van der Waals surface area (Å²) in [5.41, 5.74) is -0.483. The van der Waals surface area contributed by atoms with Crippen molar-refractivity contribution in [2.75, 3.05) is 32.7 Å². The van der Waals surface area contributed by atoms with Gasteiger partial charge in [-0.25, -0.2) is 0 Å². The summed E-state index contributed by atoms with van der Waals surface area (Å²) >= 11 is 0. The molecule has 1 aliphatic rings. The lowest BCUT2D eigenvalue weighted by Gasteiger charge is -2.27. The quantitative estimate of drug-likeness (QED) is 0.645. The van der Waals surface area contributed by atoms with Gasteiger partial charge in [0.15, 0.2) is 0 Å². The first kappa shape index (κ1) is 12.0. The summed E-state index contributed by atoms with van der Waals surface area (Å²) in [4.78, 5) is 2.50. The molecule has 0 atom stereocenters. The van der Waals surface area contributed by atoms with E-state index in [9.17, 15) is 5.11 Å². The number of aliphatic hydroxyl groups is 1. The smallest absolute Gasteiger partial charge is 0.0591 e. The Morgan fingerprint density at radius 3 is 2.43 bits per heavy atom. The van der Waals surface area contributed by atoms with Crippen LogP contribution >= 0.6 is 0 Å². The minimum absolute atomic E-state index is 0.483. The summed E-state index contributed by atoms with van der Waals surface area (Å²) in [6.07, 6.45) is 3.26. The molecular weight excluding hydrogens is 176 g/mol. The highest BCUT2D eigenvalue weighted by atomic mass is 16.3. The van der Waals surface area contributed by atoms with Crippen LogP contribution in [0.5, 0.6) is 0 Å². The summed E-state index contributed by atoms with van der Waals surface area (Å²) in [6, 6.07) is 0. The Morgan fingerprint density at radius 1 is 1.21 bits per heavy atom. The summed E-state index contributed by atoms with van der Waals surface area (Å²) < 4.78 is 0. The molecule has 3 heteroatoms. The molecule has 14 heavy (non-hydrogen) atoms. The van der Waals surface area contributed by atoms with E-state index in [2.05, 4.69) is 10.2 Å². The minimum atomic E-state index is -0.483. The number of nitrogens with one attached hydrogen (secondary N) is 1. The molecule has 0 saturated carbocycles. The highest BCUT2D eigenvalue weighted by Gasteiger charge is 2.12. The van der Waals surface area contributed by atoms with Crippen LogP contribution in [0.15, 0.2) is 0 Å². The Morgan fingerprint density at radius 2 is 1.86 bits per heavy atom. The number of rotatable bonds is 5. The number of hydrogen-bond donors (Lipinski definition) is 2. The molecule has 84 valence electrons. The van der Waals surface area contributed by atoms with E-state index in [1.807, 2.05) is 13.8 Å². The molecule has 0 radical (unpaired) electrons. The summed E-state index contributed by atoms with van der Waals surface area (Å²) in [5, 5.41) is 12.9. The van der Waals surface area contributed by atoms with Crippen molar-refractivity contribution >= 4 is 0 Å². The lowest BCUT2D eigenvalue weighted by molar-refractivity contribution is 0.0670. The number of piperazine rings is 1. The van der Waals surface area contributed by atoms with Gasteiger partial charge in [0.1, 0.15) is 0 Å². The van der Waals surface area contributed by atoms with E-state index >= 15 is 0 Å². The molecule has 1 rings (SSSR count). The van der Waals surface area contributed by atoms with E-state index in [1.165, 1.54) is 26.1 Å². The van der Waals surface area contributed by atoms with Crippen molar-refractivity contribution in [3.8, 4) is 0 Å². The lowest BCUT2D eigenvalue weighted by atomic mass is 10.0. The summed E-state index contributed by atoms with van der Waals surface area (Å²) in [5.74, 6) is 0. The fourth-order valence-corrected chi connectivity index (χ4v) is 1.83. The van der Waals surface area contributed by atoms with Gasteiger partial charge in [0.25, 0.3) is 0 Å². The van der Waals surface area contributed by atoms with Gasteiger partial charge in [-0.3, -0.25) is 0 Å². The topological polar surface area (TPSA) is 35.5 Å². The molecule has 3 nitrogen and oxygen atoms in total. The van der Waals surface area contributed by atoms with Gasteiger partial charge in [0.05, 0.1) is 5.60 Å². The Kier molecular flexibility index (Phi) is 4.85. The molecule has 0 unspecified atom stereocenters. The van der Waals surface area contributed by atoms with E-state index in [0.29, 0.717) is 0 Å². The molecule has 1 heterocycles. The van der Waals surface area contributed by atoms with Crippen molar-refractivity contribution in [2.24, 2.45) is 0 Å². The van der Waals surface area contributed by atoms with Crippen LogP contribution in [0.4, 0.5) is 0 Å². The Labute approximate surface area is 87.5 Å². The van der Waals surface area contributed by atoms with Gasteiger partial charge in [-0.05, 0) is 39.7 Å². The third-order valence-corrected chi connectivity index (χ3v) is 2.72. The maximum Gasteiger partial charge on any atom is 0.0591 e. The SMILES string of the molecule is CC(C)(O)CCCCN1CCNCC1. The Balaban J connectivity index is 1.97. The van der Waals surface area contributed by atoms with Gasteiger partial charge >= 0.3 is 0 Å². The highest BCUT2D eigenvalue weighted by Crippen LogP contribution is 2.12. The van der Waals surface area contributed by atoms with Crippen LogP contribution < -0.4 is 5.32 Å². The first-order valence-electron chi connectivity index (χ1n) is 5.73. The van der Waals surface area contributed by atoms with Crippen molar-refractivity contribution in [1.82, 2.24) is 10.2 Å². The molecule has 1 fully saturated rings. The van der Waals surface area contributed by atoms with Crippen LogP contribution in [0.2, 0.25) is 0 Å². The molecule has 0 amide bonds. The van der Waals surface area contributed by atoms with Crippen molar-refractivity contribution in [3.63, 3.8) is 0 Å². The van der Waals surface area contributed by atoms with Crippen LogP contribution in [0.25, 0.3) is 0 Å². The van der Waals surface area contributed by atoms with Crippen molar-refractivity contribution in [2.45, 2.75) is 38.7 Å². The fraction of sp³-hybridized carbons (Fsp3) is 1.00. The second-order valence-electron chi connectivity index (χ2n) is 4.86. The maximum absolute atomic E-state index is 9.53. The molecule has 1 aliphatic heterocycles. The number of hydrogen-bond acceptors (Lipinski definition) is 3. The third-order valence-electron chi connectivity index (χ3n) is 2.72. The lowest BCUT2D eigenvalue weighted by Crippen LogP contribution is -2.43. The van der Waals surface area contributed by atoms with Gasteiger partial charge in [-0.1, -0.05) is 0 Å². The molecule has 0 aromatic heterocycles. The molecule has 0 spiro atoms. The second kappa shape index (κ2) is 5.69. The zero-order valence-corrected chi connectivity index (χ0v) is 9.55. The average Bonchev–Trinajstić information content (AvgIpc) is 2.13. The van der Waals surface area contributed by atoms with Crippen LogP contribution in [0.3, 0.4) is 0 Å². The monoisotopic (exact) mass is 200 g/mol. The predicted octanol–water partition coefficient (Wildman–Crippen LogP) is 0.833. The van der Waals surface area contributed by atoms with E-state index in [0.717, 1.165) is 25.9 Å². The molecule has 2 N–H and O–H groups in total. The average molecular weight is 200 g/mol. The van der Waals surface area contributed by atoms with Gasteiger partial charge in [-0.2, -0.15) is 0 Å². The van der Waals surface area contributed by atoms with Crippen LogP contribution in [-0.2, 0) is 0 Å². The van der Waals surface area contributed by atoms with Crippen molar-refractivity contribution in [1.29, 1.82) is 0 Å². The Bertz CT molecular complexity index is 148. The number of unbranched alkanes of at least 4 members (excludes halogenated alkanes) is 1. The molecule has 0 aromatic carbocycles. The van der Waals surface area contributed by atoms with Crippen molar-refractivity contribution < 1.29 is 5.11 Å². The van der Waals surface area contributed by atoms with E-state index in [4.69, 9.17) is 0 Å². The normalized spacial score (nSPS) is 19.9. The largest absolute Gasteiger partial charge is 0.390 e. The molecule has 0 aliphatic carbocycles. The van der Waals surface area contributed by atoms with Crippen LogP contribution in [0.1, 0.15) is 33.1 Å². The second-order valence-corrected chi connectivity index (χ2v) is 4.86. The minimum Gasteiger partial charge on any atom is -0.390 e. The van der Waals surface area contributed by atoms with Crippen LogP contribution in [-0.4, -0.2) is 48.3 Å². The van der Waals surface area contributed by atoms with Gasteiger partial charge in [0.2, 0.25) is 0 Å².